The molecular formula is C33H23Cl5N6O. The van der Waals surface area contributed by atoms with Gasteiger partial charge in [-0.15, -0.1) is 5.10 Å². The number of halogens is 5. The SMILES string of the molecule is Cc1nnc(CO)c(-c2ncccc2Cl)c1-c1ccc(Cl)cc1.Cc1nnc(Cl)c(-c2ncccc2Cl)c1-c1ccc(Cl)cc1. The Labute approximate surface area is 284 Å². The number of benzene rings is 2. The molecule has 0 aliphatic heterocycles. The molecule has 0 atom stereocenters. The van der Waals surface area contributed by atoms with Crippen LogP contribution in [-0.2, 0) is 6.61 Å². The Morgan fingerprint density at radius 3 is 1.44 bits per heavy atom. The third-order valence-electron chi connectivity index (χ3n) is 6.73. The monoisotopic (exact) mass is 694 g/mol. The van der Waals surface area contributed by atoms with Crippen LogP contribution in [0.5, 0.6) is 0 Å². The Balaban J connectivity index is 0.000000178. The van der Waals surface area contributed by atoms with Crippen molar-refractivity contribution in [1.29, 1.82) is 0 Å². The first-order valence-electron chi connectivity index (χ1n) is 13.4. The number of hydrogen-bond acceptors (Lipinski definition) is 7. The van der Waals surface area contributed by atoms with Gasteiger partial charge in [-0.05, 0) is 73.5 Å². The van der Waals surface area contributed by atoms with Crippen molar-refractivity contribution in [3.8, 4) is 44.8 Å². The number of nitrogens with zero attached hydrogens (tertiary/aromatic N) is 6. The quantitative estimate of drug-likeness (QED) is 0.192. The predicted molar refractivity (Wildman–Crippen MR) is 182 cm³/mol. The van der Waals surface area contributed by atoms with Crippen molar-refractivity contribution in [2.45, 2.75) is 20.5 Å². The van der Waals surface area contributed by atoms with E-state index in [0.29, 0.717) is 48.3 Å². The van der Waals surface area contributed by atoms with Crippen molar-refractivity contribution in [2.75, 3.05) is 0 Å². The van der Waals surface area contributed by atoms with Crippen LogP contribution in [0.2, 0.25) is 25.2 Å². The Morgan fingerprint density at radius 1 is 0.533 bits per heavy atom. The maximum Gasteiger partial charge on any atom is 0.161 e. The average Bonchev–Trinajstić information content (AvgIpc) is 3.04. The summed E-state index contributed by atoms with van der Waals surface area (Å²) in [6.45, 7) is 3.47. The number of pyridine rings is 2. The van der Waals surface area contributed by atoms with Gasteiger partial charge in [0.2, 0.25) is 0 Å². The Hall–Kier alpha value is -3.69. The van der Waals surface area contributed by atoms with E-state index < -0.39 is 0 Å². The molecule has 2 aromatic carbocycles. The van der Waals surface area contributed by atoms with Gasteiger partial charge in [-0.25, -0.2) is 0 Å². The van der Waals surface area contributed by atoms with Gasteiger partial charge in [0.05, 0.1) is 50.7 Å². The lowest BCUT2D eigenvalue weighted by Gasteiger charge is -2.15. The van der Waals surface area contributed by atoms with E-state index in [0.717, 1.165) is 33.6 Å². The minimum atomic E-state index is -0.254. The fourth-order valence-electron chi connectivity index (χ4n) is 4.72. The molecule has 0 bridgehead atoms. The summed E-state index contributed by atoms with van der Waals surface area (Å²) in [4.78, 5) is 8.71. The highest BCUT2D eigenvalue weighted by molar-refractivity contribution is 6.36. The molecule has 0 unspecified atom stereocenters. The Bertz CT molecular complexity index is 1970. The summed E-state index contributed by atoms with van der Waals surface area (Å²) in [6, 6.07) is 21.9. The highest BCUT2D eigenvalue weighted by Crippen LogP contribution is 2.40. The zero-order chi connectivity index (χ0) is 32.1. The first-order chi connectivity index (χ1) is 21.7. The molecular weight excluding hydrogens is 674 g/mol. The van der Waals surface area contributed by atoms with Gasteiger partial charge < -0.3 is 5.11 Å². The summed E-state index contributed by atoms with van der Waals surface area (Å²) in [5, 5.41) is 28.6. The maximum absolute atomic E-state index is 9.68. The Morgan fingerprint density at radius 2 is 0.978 bits per heavy atom. The lowest BCUT2D eigenvalue weighted by atomic mass is 9.95. The van der Waals surface area contributed by atoms with E-state index in [4.69, 9.17) is 58.0 Å². The molecule has 0 spiro atoms. The molecule has 6 rings (SSSR count). The van der Waals surface area contributed by atoms with Crippen LogP contribution in [0, 0.1) is 13.8 Å². The molecule has 4 aromatic heterocycles. The first kappa shape index (κ1) is 32.7. The van der Waals surface area contributed by atoms with Crippen molar-refractivity contribution >= 4 is 58.0 Å². The summed E-state index contributed by atoms with van der Waals surface area (Å²) in [6.07, 6.45) is 3.32. The molecule has 0 amide bonds. The third-order valence-corrected chi connectivity index (χ3v) is 8.11. The summed E-state index contributed by atoms with van der Waals surface area (Å²) in [7, 11) is 0. The van der Waals surface area contributed by atoms with E-state index in [-0.39, 0.29) is 11.8 Å². The van der Waals surface area contributed by atoms with Gasteiger partial charge in [0.1, 0.15) is 0 Å². The Kier molecular flexibility index (Phi) is 10.6. The van der Waals surface area contributed by atoms with Crippen LogP contribution in [-0.4, -0.2) is 35.5 Å². The van der Waals surface area contributed by atoms with Gasteiger partial charge in [-0.2, -0.15) is 15.3 Å². The standard InChI is InChI=1S/C17H13Cl2N3O.C16H10Cl3N3/c1-10-15(11-4-6-12(18)7-5-11)16(14(9-23)22-21-10)17-13(19)3-2-8-20-17;1-9-13(10-4-6-11(17)7-5-10)14(16(19)22-21-9)15-12(18)3-2-8-20-15/h2-8,23H,9H2,1H3;2-8H,1H3. The molecule has 0 saturated heterocycles. The van der Waals surface area contributed by atoms with Crippen LogP contribution >= 0.6 is 58.0 Å². The van der Waals surface area contributed by atoms with Gasteiger partial charge in [-0.1, -0.05) is 82.3 Å². The highest BCUT2D eigenvalue weighted by atomic mass is 35.5. The lowest BCUT2D eigenvalue weighted by Crippen LogP contribution is -2.04. The molecule has 12 heteroatoms. The molecule has 226 valence electrons. The zero-order valence-corrected chi connectivity index (χ0v) is 27.6. The summed E-state index contributed by atoms with van der Waals surface area (Å²) >= 11 is 30.8. The van der Waals surface area contributed by atoms with Crippen LogP contribution in [0.15, 0.2) is 85.2 Å². The van der Waals surface area contributed by atoms with Gasteiger partial charge in [-0.3, -0.25) is 9.97 Å². The molecule has 4 heterocycles. The van der Waals surface area contributed by atoms with Crippen molar-refractivity contribution in [3.05, 3.63) is 128 Å². The van der Waals surface area contributed by atoms with Crippen LogP contribution in [0.25, 0.3) is 44.8 Å². The lowest BCUT2D eigenvalue weighted by molar-refractivity contribution is 0.276. The largest absolute Gasteiger partial charge is 0.390 e. The van der Waals surface area contributed by atoms with Gasteiger partial charge in [0.15, 0.2) is 5.15 Å². The van der Waals surface area contributed by atoms with Gasteiger partial charge in [0, 0.05) is 39.1 Å². The number of aromatic nitrogens is 6. The van der Waals surface area contributed by atoms with Crippen LogP contribution in [0.1, 0.15) is 17.1 Å². The van der Waals surface area contributed by atoms with Gasteiger partial charge >= 0.3 is 0 Å². The molecule has 0 aliphatic rings. The highest BCUT2D eigenvalue weighted by Gasteiger charge is 2.21. The minimum Gasteiger partial charge on any atom is -0.390 e. The van der Waals surface area contributed by atoms with Crippen LogP contribution < -0.4 is 0 Å². The second kappa shape index (κ2) is 14.6. The molecule has 1 N–H and O–H groups in total. The zero-order valence-electron chi connectivity index (χ0n) is 23.8. The molecule has 0 aliphatic carbocycles. The number of aryl methyl sites for hydroxylation is 2. The second-order valence-electron chi connectivity index (χ2n) is 9.65. The first-order valence-corrected chi connectivity index (χ1v) is 15.3. The van der Waals surface area contributed by atoms with E-state index in [9.17, 15) is 5.11 Å². The summed E-state index contributed by atoms with van der Waals surface area (Å²) < 4.78 is 0. The third kappa shape index (κ3) is 7.25. The van der Waals surface area contributed by atoms with E-state index in [1.54, 1.807) is 48.8 Å². The minimum absolute atomic E-state index is 0.254. The van der Waals surface area contributed by atoms with Crippen LogP contribution in [0.4, 0.5) is 0 Å². The van der Waals surface area contributed by atoms with E-state index in [1.807, 2.05) is 50.2 Å². The fraction of sp³-hybridized carbons (Fsp3) is 0.0909. The number of aliphatic hydroxyl groups excluding tert-OH is 1. The molecule has 0 saturated carbocycles. The van der Waals surface area contributed by atoms with Crippen molar-refractivity contribution in [3.63, 3.8) is 0 Å². The van der Waals surface area contributed by atoms with Crippen molar-refractivity contribution in [1.82, 2.24) is 30.4 Å². The van der Waals surface area contributed by atoms with E-state index in [2.05, 4.69) is 30.4 Å². The second-order valence-corrected chi connectivity index (χ2v) is 11.7. The molecule has 0 radical (unpaired) electrons. The van der Waals surface area contributed by atoms with E-state index in [1.165, 1.54) is 0 Å². The molecule has 0 fully saturated rings. The molecule has 7 nitrogen and oxygen atoms in total. The summed E-state index contributed by atoms with van der Waals surface area (Å²) in [5.74, 6) is 0. The van der Waals surface area contributed by atoms with Crippen LogP contribution in [0.3, 0.4) is 0 Å². The number of hydrogen-bond donors (Lipinski definition) is 1. The van der Waals surface area contributed by atoms with E-state index >= 15 is 0 Å². The molecule has 45 heavy (non-hydrogen) atoms. The van der Waals surface area contributed by atoms with Crippen molar-refractivity contribution < 1.29 is 5.11 Å². The molecule has 6 aromatic rings. The number of rotatable bonds is 5. The predicted octanol–water partition coefficient (Wildman–Crippen LogP) is 9.79. The fourth-order valence-corrected chi connectivity index (χ4v) is 5.63. The normalized spacial score (nSPS) is 10.8. The average molecular weight is 697 g/mol. The number of aliphatic hydroxyl groups is 1. The van der Waals surface area contributed by atoms with Crippen molar-refractivity contribution in [2.24, 2.45) is 0 Å². The van der Waals surface area contributed by atoms with Gasteiger partial charge in [0.25, 0.3) is 0 Å². The topological polar surface area (TPSA) is 97.6 Å². The summed E-state index contributed by atoms with van der Waals surface area (Å²) in [5.41, 5.74) is 7.92. The maximum atomic E-state index is 9.68. The smallest absolute Gasteiger partial charge is 0.161 e.